The SMILES string of the molecule is CC1(C)CCC(C(N)CCc2cccs2)CC1. The van der Waals surface area contributed by atoms with E-state index in [0.717, 1.165) is 12.3 Å². The standard InChI is InChI=1S/C15H25NS/c1-15(2)9-7-12(8-10-15)14(16)6-5-13-4-3-11-17-13/h3-4,11-12,14H,5-10,16H2,1-2H3. The molecule has 2 N–H and O–H groups in total. The van der Waals surface area contributed by atoms with E-state index in [4.69, 9.17) is 5.73 Å². The lowest BCUT2D eigenvalue weighted by atomic mass is 9.71. The summed E-state index contributed by atoms with van der Waals surface area (Å²) in [5.41, 5.74) is 6.92. The van der Waals surface area contributed by atoms with E-state index in [0.29, 0.717) is 11.5 Å². The Balaban J connectivity index is 1.75. The van der Waals surface area contributed by atoms with E-state index in [2.05, 4.69) is 31.4 Å². The van der Waals surface area contributed by atoms with E-state index in [1.807, 2.05) is 11.3 Å². The van der Waals surface area contributed by atoms with Crippen LogP contribution < -0.4 is 5.73 Å². The van der Waals surface area contributed by atoms with Gasteiger partial charge in [-0.15, -0.1) is 11.3 Å². The minimum absolute atomic E-state index is 0.410. The van der Waals surface area contributed by atoms with Gasteiger partial charge in [0.2, 0.25) is 0 Å². The normalized spacial score (nSPS) is 22.5. The maximum absolute atomic E-state index is 6.36. The van der Waals surface area contributed by atoms with Crippen LogP contribution in [0.15, 0.2) is 17.5 Å². The maximum atomic E-state index is 6.36. The lowest BCUT2D eigenvalue weighted by molar-refractivity contribution is 0.170. The van der Waals surface area contributed by atoms with Crippen LogP contribution in [-0.2, 0) is 6.42 Å². The van der Waals surface area contributed by atoms with E-state index >= 15 is 0 Å². The second-order valence-electron chi connectivity index (χ2n) is 6.28. The molecule has 1 aromatic heterocycles. The Labute approximate surface area is 109 Å². The van der Waals surface area contributed by atoms with Gasteiger partial charge < -0.3 is 5.73 Å². The van der Waals surface area contributed by atoms with Crippen molar-refractivity contribution in [3.63, 3.8) is 0 Å². The number of hydrogen-bond donors (Lipinski definition) is 1. The molecule has 96 valence electrons. The lowest BCUT2D eigenvalue weighted by Crippen LogP contribution is -2.35. The molecule has 1 atom stereocenters. The summed E-state index contributed by atoms with van der Waals surface area (Å²) in [7, 11) is 0. The fourth-order valence-electron chi connectivity index (χ4n) is 2.85. The topological polar surface area (TPSA) is 26.0 Å². The summed E-state index contributed by atoms with van der Waals surface area (Å²) < 4.78 is 0. The molecule has 0 bridgehead atoms. The average molecular weight is 251 g/mol. The van der Waals surface area contributed by atoms with Gasteiger partial charge in [0.05, 0.1) is 0 Å². The van der Waals surface area contributed by atoms with Crippen molar-refractivity contribution in [3.8, 4) is 0 Å². The van der Waals surface area contributed by atoms with Crippen LogP contribution in [-0.4, -0.2) is 6.04 Å². The van der Waals surface area contributed by atoms with Crippen LogP contribution in [0.3, 0.4) is 0 Å². The van der Waals surface area contributed by atoms with Crippen LogP contribution in [0.4, 0.5) is 0 Å². The molecular weight excluding hydrogens is 226 g/mol. The predicted molar refractivity (Wildman–Crippen MR) is 76.4 cm³/mol. The molecule has 1 saturated carbocycles. The molecule has 1 fully saturated rings. The van der Waals surface area contributed by atoms with Crippen molar-refractivity contribution in [2.45, 2.75) is 58.4 Å². The Morgan fingerprint density at radius 1 is 1.41 bits per heavy atom. The van der Waals surface area contributed by atoms with Crippen LogP contribution >= 0.6 is 11.3 Å². The number of rotatable bonds is 4. The van der Waals surface area contributed by atoms with Crippen molar-refractivity contribution in [2.24, 2.45) is 17.1 Å². The first-order valence-electron chi connectivity index (χ1n) is 6.85. The maximum Gasteiger partial charge on any atom is 0.00706 e. The van der Waals surface area contributed by atoms with Gasteiger partial charge in [0, 0.05) is 10.9 Å². The summed E-state index contributed by atoms with van der Waals surface area (Å²) in [5.74, 6) is 0.767. The first kappa shape index (κ1) is 13.1. The van der Waals surface area contributed by atoms with Crippen molar-refractivity contribution in [1.82, 2.24) is 0 Å². The Kier molecular flexibility index (Phi) is 4.26. The molecule has 0 amide bonds. The minimum Gasteiger partial charge on any atom is -0.327 e. The summed E-state index contributed by atoms with van der Waals surface area (Å²) >= 11 is 1.86. The predicted octanol–water partition coefficient (Wildman–Crippen LogP) is 4.22. The van der Waals surface area contributed by atoms with Gasteiger partial charge in [-0.3, -0.25) is 0 Å². The smallest absolute Gasteiger partial charge is 0.00706 e. The summed E-state index contributed by atoms with van der Waals surface area (Å²) in [6.07, 6.45) is 7.69. The van der Waals surface area contributed by atoms with Gasteiger partial charge in [-0.2, -0.15) is 0 Å². The van der Waals surface area contributed by atoms with Crippen LogP contribution in [0, 0.1) is 11.3 Å². The highest BCUT2D eigenvalue weighted by atomic mass is 32.1. The third kappa shape index (κ3) is 3.82. The highest BCUT2D eigenvalue weighted by Crippen LogP contribution is 2.39. The largest absolute Gasteiger partial charge is 0.327 e. The van der Waals surface area contributed by atoms with Crippen molar-refractivity contribution >= 4 is 11.3 Å². The lowest BCUT2D eigenvalue weighted by Gasteiger charge is -2.36. The molecule has 2 heteroatoms. The van der Waals surface area contributed by atoms with Gasteiger partial charge in [-0.25, -0.2) is 0 Å². The first-order chi connectivity index (χ1) is 8.07. The third-order valence-corrected chi connectivity index (χ3v) is 5.23. The highest BCUT2D eigenvalue weighted by molar-refractivity contribution is 7.09. The van der Waals surface area contributed by atoms with Crippen LogP contribution in [0.2, 0.25) is 0 Å². The Morgan fingerprint density at radius 3 is 2.71 bits per heavy atom. The number of hydrogen-bond acceptors (Lipinski definition) is 2. The second-order valence-corrected chi connectivity index (χ2v) is 7.32. The highest BCUT2D eigenvalue weighted by Gasteiger charge is 2.29. The molecule has 1 aliphatic carbocycles. The summed E-state index contributed by atoms with van der Waals surface area (Å²) in [4.78, 5) is 1.48. The molecule has 0 spiro atoms. The summed E-state index contributed by atoms with van der Waals surface area (Å²) in [6.45, 7) is 4.78. The first-order valence-corrected chi connectivity index (χ1v) is 7.73. The zero-order valence-electron chi connectivity index (χ0n) is 11.1. The quantitative estimate of drug-likeness (QED) is 0.851. The third-order valence-electron chi connectivity index (χ3n) is 4.29. The van der Waals surface area contributed by atoms with Gasteiger partial charge in [0.25, 0.3) is 0 Å². The van der Waals surface area contributed by atoms with Crippen molar-refractivity contribution < 1.29 is 0 Å². The van der Waals surface area contributed by atoms with Gasteiger partial charge in [-0.1, -0.05) is 19.9 Å². The number of nitrogens with two attached hydrogens (primary N) is 1. The van der Waals surface area contributed by atoms with Crippen LogP contribution in [0.5, 0.6) is 0 Å². The Bertz CT molecular complexity index is 319. The molecule has 1 heterocycles. The van der Waals surface area contributed by atoms with Crippen LogP contribution in [0.1, 0.15) is 50.8 Å². The van der Waals surface area contributed by atoms with E-state index in [1.165, 1.54) is 37.0 Å². The van der Waals surface area contributed by atoms with E-state index in [1.54, 1.807) is 0 Å². The van der Waals surface area contributed by atoms with Gasteiger partial charge in [0.1, 0.15) is 0 Å². The molecule has 0 radical (unpaired) electrons. The molecule has 0 aromatic carbocycles. The van der Waals surface area contributed by atoms with Crippen LogP contribution in [0.25, 0.3) is 0 Å². The van der Waals surface area contributed by atoms with Gasteiger partial charge >= 0.3 is 0 Å². The fraction of sp³-hybridized carbons (Fsp3) is 0.733. The van der Waals surface area contributed by atoms with Gasteiger partial charge in [-0.05, 0) is 61.3 Å². The van der Waals surface area contributed by atoms with Crippen molar-refractivity contribution in [1.29, 1.82) is 0 Å². The molecule has 1 aromatic rings. The molecule has 1 aliphatic rings. The van der Waals surface area contributed by atoms with E-state index in [-0.39, 0.29) is 0 Å². The van der Waals surface area contributed by atoms with E-state index in [9.17, 15) is 0 Å². The zero-order chi connectivity index (χ0) is 12.3. The number of aryl methyl sites for hydroxylation is 1. The zero-order valence-corrected chi connectivity index (χ0v) is 11.9. The minimum atomic E-state index is 0.410. The molecule has 0 saturated heterocycles. The van der Waals surface area contributed by atoms with Crippen molar-refractivity contribution in [3.05, 3.63) is 22.4 Å². The Morgan fingerprint density at radius 2 is 2.12 bits per heavy atom. The van der Waals surface area contributed by atoms with Gasteiger partial charge in [0.15, 0.2) is 0 Å². The molecular formula is C15H25NS. The molecule has 17 heavy (non-hydrogen) atoms. The number of thiophene rings is 1. The second kappa shape index (κ2) is 5.53. The fourth-order valence-corrected chi connectivity index (χ4v) is 3.57. The Hall–Kier alpha value is -0.340. The average Bonchev–Trinajstić information content (AvgIpc) is 2.78. The summed E-state index contributed by atoms with van der Waals surface area (Å²) in [6, 6.07) is 4.77. The van der Waals surface area contributed by atoms with E-state index < -0.39 is 0 Å². The molecule has 1 nitrogen and oxygen atoms in total. The molecule has 0 aliphatic heterocycles. The molecule has 2 rings (SSSR count). The summed E-state index contributed by atoms with van der Waals surface area (Å²) in [5, 5.41) is 2.16. The monoisotopic (exact) mass is 251 g/mol. The van der Waals surface area contributed by atoms with Crippen molar-refractivity contribution in [2.75, 3.05) is 0 Å². The molecule has 1 unspecified atom stereocenters.